The van der Waals surface area contributed by atoms with Gasteiger partial charge in [-0.2, -0.15) is 5.26 Å². The van der Waals surface area contributed by atoms with E-state index in [0.717, 1.165) is 12.0 Å². The van der Waals surface area contributed by atoms with Crippen molar-refractivity contribution in [2.45, 2.75) is 70.5 Å². The number of ether oxygens (including phenoxy) is 1. The van der Waals surface area contributed by atoms with Crippen LogP contribution in [0.2, 0.25) is 18.1 Å². The Morgan fingerprint density at radius 3 is 2.50 bits per heavy atom. The summed E-state index contributed by atoms with van der Waals surface area (Å²) in [7, 11) is -1.92. The highest BCUT2D eigenvalue weighted by Gasteiger charge is 2.42. The van der Waals surface area contributed by atoms with Gasteiger partial charge in [-0.1, -0.05) is 51.1 Å². The maximum Gasteiger partial charge on any atom is 0.411 e. The molecule has 1 aliphatic heterocycles. The summed E-state index contributed by atoms with van der Waals surface area (Å²) >= 11 is 0. The molecule has 0 unspecified atom stereocenters. The predicted octanol–water partition coefficient (Wildman–Crippen LogP) is 4.70. The first-order valence-corrected chi connectivity index (χ1v) is 12.1. The molecule has 2 atom stereocenters. The number of hydrogen-bond donors (Lipinski definition) is 0. The molecule has 5 nitrogen and oxygen atoms in total. The van der Waals surface area contributed by atoms with E-state index in [1.807, 2.05) is 30.3 Å². The van der Waals surface area contributed by atoms with Crippen molar-refractivity contribution in [2.24, 2.45) is 0 Å². The van der Waals surface area contributed by atoms with Gasteiger partial charge in [0.25, 0.3) is 0 Å². The van der Waals surface area contributed by atoms with Crippen LogP contribution in [0.4, 0.5) is 4.79 Å². The van der Waals surface area contributed by atoms with Gasteiger partial charge in [0.05, 0.1) is 18.7 Å². The third-order valence-corrected chi connectivity index (χ3v) is 9.93. The summed E-state index contributed by atoms with van der Waals surface area (Å²) in [6.07, 6.45) is 0.942. The fraction of sp³-hybridized carbons (Fsp3) is 0.600. The zero-order valence-electron chi connectivity index (χ0n) is 16.5. The van der Waals surface area contributed by atoms with E-state index in [-0.39, 0.29) is 17.7 Å². The number of carbonyl (C=O) groups excluding carboxylic acids is 1. The van der Waals surface area contributed by atoms with Crippen LogP contribution in [0.5, 0.6) is 0 Å². The molecule has 0 aliphatic carbocycles. The average molecular weight is 375 g/mol. The lowest BCUT2D eigenvalue weighted by molar-refractivity contribution is 0.0369. The van der Waals surface area contributed by atoms with Gasteiger partial charge in [0.15, 0.2) is 8.32 Å². The van der Waals surface area contributed by atoms with Gasteiger partial charge in [-0.3, -0.25) is 4.90 Å². The zero-order valence-corrected chi connectivity index (χ0v) is 17.5. The number of piperidine rings is 1. The van der Waals surface area contributed by atoms with Gasteiger partial charge in [-0.15, -0.1) is 0 Å². The molecule has 1 aliphatic rings. The van der Waals surface area contributed by atoms with Gasteiger partial charge < -0.3 is 9.16 Å². The largest absolute Gasteiger partial charge is 0.445 e. The van der Waals surface area contributed by atoms with Crippen molar-refractivity contribution < 1.29 is 14.0 Å². The smallest absolute Gasteiger partial charge is 0.411 e. The third-order valence-electron chi connectivity index (χ3n) is 5.39. The molecule has 2 rings (SSSR count). The van der Waals surface area contributed by atoms with Crippen molar-refractivity contribution >= 4 is 14.4 Å². The Hall–Kier alpha value is -1.84. The number of amides is 1. The Kier molecular flexibility index (Phi) is 6.48. The third kappa shape index (κ3) is 5.09. The average Bonchev–Trinajstić information content (AvgIpc) is 2.59. The van der Waals surface area contributed by atoms with E-state index in [9.17, 15) is 10.1 Å². The molecule has 0 aromatic heterocycles. The predicted molar refractivity (Wildman–Crippen MR) is 104 cm³/mol. The van der Waals surface area contributed by atoms with E-state index in [4.69, 9.17) is 9.16 Å². The molecule has 1 aromatic rings. The molecule has 1 aromatic carbocycles. The summed E-state index contributed by atoms with van der Waals surface area (Å²) in [5.41, 5.74) is 0.931. The number of nitriles is 1. The van der Waals surface area contributed by atoms with Crippen LogP contribution in [0.1, 0.15) is 39.2 Å². The van der Waals surface area contributed by atoms with Crippen molar-refractivity contribution in [3.05, 3.63) is 35.9 Å². The lowest BCUT2D eigenvalue weighted by atomic mass is 10.0. The second-order valence-electron chi connectivity index (χ2n) is 8.41. The van der Waals surface area contributed by atoms with E-state index < -0.39 is 20.5 Å². The summed E-state index contributed by atoms with van der Waals surface area (Å²) in [5, 5.41) is 9.52. The number of nitrogens with zero attached hydrogens (tertiary/aromatic N) is 2. The lowest BCUT2D eigenvalue weighted by Crippen LogP contribution is -2.53. The molecule has 142 valence electrons. The van der Waals surface area contributed by atoms with Crippen molar-refractivity contribution in [3.8, 4) is 6.07 Å². The van der Waals surface area contributed by atoms with E-state index in [0.29, 0.717) is 13.0 Å². The van der Waals surface area contributed by atoms with Crippen LogP contribution in [-0.4, -0.2) is 38.0 Å². The Morgan fingerprint density at radius 2 is 1.92 bits per heavy atom. The van der Waals surface area contributed by atoms with Crippen molar-refractivity contribution in [1.82, 2.24) is 4.90 Å². The maximum atomic E-state index is 12.6. The van der Waals surface area contributed by atoms with Gasteiger partial charge in [-0.25, -0.2) is 4.79 Å². The van der Waals surface area contributed by atoms with Crippen LogP contribution >= 0.6 is 0 Å². The first-order chi connectivity index (χ1) is 12.1. The number of hydrogen-bond acceptors (Lipinski definition) is 4. The standard InChI is InChI=1S/C20H30N2O3Si/c1-20(2,3)26(4,5)25-18-12-11-17(13-21)22(14-18)19(23)24-15-16-9-7-6-8-10-16/h6-10,17-18H,11-12,14-15H2,1-5H3/t17-,18+/m1/s1. The molecule has 26 heavy (non-hydrogen) atoms. The first-order valence-electron chi connectivity index (χ1n) is 9.19. The fourth-order valence-corrected chi connectivity index (χ4v) is 4.14. The fourth-order valence-electron chi connectivity index (χ4n) is 2.77. The molecular weight excluding hydrogens is 344 g/mol. The van der Waals surface area contributed by atoms with Crippen molar-refractivity contribution in [2.75, 3.05) is 6.54 Å². The van der Waals surface area contributed by atoms with E-state index in [2.05, 4.69) is 39.9 Å². The molecule has 0 spiro atoms. The minimum Gasteiger partial charge on any atom is -0.445 e. The Balaban J connectivity index is 2.00. The minimum absolute atomic E-state index is 0.0373. The number of benzene rings is 1. The molecule has 1 fully saturated rings. The van der Waals surface area contributed by atoms with Gasteiger partial charge >= 0.3 is 6.09 Å². The van der Waals surface area contributed by atoms with E-state index >= 15 is 0 Å². The second-order valence-corrected chi connectivity index (χ2v) is 13.2. The highest BCUT2D eigenvalue weighted by Crippen LogP contribution is 2.38. The monoisotopic (exact) mass is 374 g/mol. The highest BCUT2D eigenvalue weighted by molar-refractivity contribution is 6.74. The molecule has 1 heterocycles. The Morgan fingerprint density at radius 1 is 1.27 bits per heavy atom. The maximum absolute atomic E-state index is 12.6. The molecular formula is C20H30N2O3Si. The van der Waals surface area contributed by atoms with Gasteiger partial charge in [-0.05, 0) is 36.5 Å². The van der Waals surface area contributed by atoms with Crippen LogP contribution in [0.15, 0.2) is 30.3 Å². The summed E-state index contributed by atoms with van der Waals surface area (Å²) in [6, 6.07) is 11.3. The number of rotatable bonds is 4. The SMILES string of the molecule is CC(C)(C)[Si](C)(C)O[C@H]1CC[C@H](C#N)N(C(=O)OCc2ccccc2)C1. The summed E-state index contributed by atoms with van der Waals surface area (Å²) in [4.78, 5) is 14.1. The van der Waals surface area contributed by atoms with Gasteiger partial charge in [0.1, 0.15) is 12.6 Å². The van der Waals surface area contributed by atoms with Crippen LogP contribution < -0.4 is 0 Å². The van der Waals surface area contributed by atoms with Crippen molar-refractivity contribution in [3.63, 3.8) is 0 Å². The van der Waals surface area contributed by atoms with Crippen LogP contribution in [0.3, 0.4) is 0 Å². The van der Waals surface area contributed by atoms with E-state index in [1.54, 1.807) is 0 Å². The molecule has 6 heteroatoms. The number of likely N-dealkylation sites (tertiary alicyclic amines) is 1. The Bertz CT molecular complexity index is 649. The molecule has 0 bridgehead atoms. The first kappa shape index (κ1) is 20.5. The number of carbonyl (C=O) groups is 1. The molecule has 0 radical (unpaired) electrons. The second kappa shape index (κ2) is 8.23. The quantitative estimate of drug-likeness (QED) is 0.717. The lowest BCUT2D eigenvalue weighted by Gasteiger charge is -2.43. The van der Waals surface area contributed by atoms with Crippen LogP contribution in [0, 0.1) is 11.3 Å². The summed E-state index contributed by atoms with van der Waals surface area (Å²) in [6.45, 7) is 11.6. The Labute approximate surface area is 158 Å². The van der Waals surface area contributed by atoms with Gasteiger partial charge in [0, 0.05) is 0 Å². The van der Waals surface area contributed by atoms with E-state index in [1.165, 1.54) is 4.90 Å². The minimum atomic E-state index is -1.92. The molecule has 1 saturated heterocycles. The molecule has 0 N–H and O–H groups in total. The molecule has 1 amide bonds. The zero-order chi connectivity index (χ0) is 19.4. The van der Waals surface area contributed by atoms with Crippen LogP contribution in [-0.2, 0) is 15.8 Å². The van der Waals surface area contributed by atoms with Crippen molar-refractivity contribution in [1.29, 1.82) is 5.26 Å². The normalized spacial score (nSPS) is 21.2. The highest BCUT2D eigenvalue weighted by atomic mass is 28.4. The summed E-state index contributed by atoms with van der Waals surface area (Å²) < 4.78 is 11.9. The molecule has 0 saturated carbocycles. The van der Waals surface area contributed by atoms with Crippen LogP contribution in [0.25, 0.3) is 0 Å². The summed E-state index contributed by atoms with van der Waals surface area (Å²) in [5.74, 6) is 0. The van der Waals surface area contributed by atoms with Gasteiger partial charge in [0.2, 0.25) is 0 Å². The topological polar surface area (TPSA) is 62.6 Å².